The highest BCUT2D eigenvalue weighted by atomic mass is 32.2. The summed E-state index contributed by atoms with van der Waals surface area (Å²) in [4.78, 5) is 4.28. The summed E-state index contributed by atoms with van der Waals surface area (Å²) < 4.78 is 2.01. The molecule has 1 aromatic heterocycles. The molecular weight excluding hydrogens is 254 g/mol. The van der Waals surface area contributed by atoms with E-state index in [9.17, 15) is 0 Å². The number of nitriles is 1. The van der Waals surface area contributed by atoms with E-state index in [1.807, 2.05) is 10.8 Å². The molecule has 1 heterocycles. The zero-order valence-corrected chi connectivity index (χ0v) is 12.2. The third kappa shape index (κ3) is 3.18. The molecule has 0 saturated carbocycles. The highest BCUT2D eigenvalue weighted by Gasteiger charge is 2.13. The Labute approximate surface area is 118 Å². The minimum atomic E-state index is 0.159. The van der Waals surface area contributed by atoms with E-state index in [1.54, 1.807) is 6.20 Å². The van der Waals surface area contributed by atoms with Crippen molar-refractivity contribution in [2.75, 3.05) is 5.75 Å². The van der Waals surface area contributed by atoms with E-state index in [1.165, 1.54) is 17.3 Å². The normalized spacial score (nSPS) is 11.3. The molecule has 98 valence electrons. The molecule has 0 N–H and O–H groups in total. The first-order chi connectivity index (χ1) is 9.02. The highest BCUT2D eigenvalue weighted by Crippen LogP contribution is 2.25. The van der Waals surface area contributed by atoms with E-state index in [4.69, 9.17) is 5.26 Å². The van der Waals surface area contributed by atoms with Crippen molar-refractivity contribution >= 4 is 11.8 Å². The largest absolute Gasteiger partial charge is 0.295 e. The van der Waals surface area contributed by atoms with Crippen molar-refractivity contribution in [1.29, 1.82) is 5.26 Å². The second-order valence-electron chi connectivity index (χ2n) is 5.32. The molecule has 2 aromatic rings. The highest BCUT2D eigenvalue weighted by molar-refractivity contribution is 7.99. The molecule has 0 bridgehead atoms. The lowest BCUT2D eigenvalue weighted by atomic mass is 9.87. The molecule has 0 spiro atoms. The number of hydrogen-bond acceptors (Lipinski definition) is 3. The van der Waals surface area contributed by atoms with E-state index >= 15 is 0 Å². The van der Waals surface area contributed by atoms with Gasteiger partial charge in [-0.2, -0.15) is 5.26 Å². The Morgan fingerprint density at radius 1 is 1.26 bits per heavy atom. The van der Waals surface area contributed by atoms with Crippen molar-refractivity contribution in [2.24, 2.45) is 0 Å². The van der Waals surface area contributed by atoms with Gasteiger partial charge in [0, 0.05) is 18.1 Å². The number of benzene rings is 1. The van der Waals surface area contributed by atoms with Gasteiger partial charge in [-0.15, -0.1) is 0 Å². The van der Waals surface area contributed by atoms with Gasteiger partial charge in [-0.1, -0.05) is 44.7 Å². The Kier molecular flexibility index (Phi) is 3.96. The summed E-state index contributed by atoms with van der Waals surface area (Å²) in [6.45, 7) is 6.61. The third-order valence-corrected chi connectivity index (χ3v) is 3.72. The standard InChI is InChI=1S/C15H17N3S/c1-15(2,3)12-4-6-13(7-5-12)18-10-9-17-14(18)19-11-8-16/h4-7,9-10H,11H2,1-3H3. The van der Waals surface area contributed by atoms with E-state index in [0.29, 0.717) is 5.75 Å². The quantitative estimate of drug-likeness (QED) is 0.798. The van der Waals surface area contributed by atoms with Crippen LogP contribution in [0.5, 0.6) is 0 Å². The fourth-order valence-electron chi connectivity index (χ4n) is 1.81. The predicted molar refractivity (Wildman–Crippen MR) is 78.6 cm³/mol. The lowest BCUT2D eigenvalue weighted by Gasteiger charge is -2.19. The molecule has 0 saturated heterocycles. The van der Waals surface area contributed by atoms with Gasteiger partial charge in [0.1, 0.15) is 0 Å². The van der Waals surface area contributed by atoms with Gasteiger partial charge in [0.2, 0.25) is 0 Å². The van der Waals surface area contributed by atoms with E-state index in [0.717, 1.165) is 10.8 Å². The zero-order valence-electron chi connectivity index (χ0n) is 11.4. The Balaban J connectivity index is 2.28. The van der Waals surface area contributed by atoms with E-state index < -0.39 is 0 Å². The maximum atomic E-state index is 8.64. The van der Waals surface area contributed by atoms with Gasteiger partial charge in [0.15, 0.2) is 5.16 Å². The fourth-order valence-corrected chi connectivity index (χ4v) is 2.45. The minimum Gasteiger partial charge on any atom is -0.295 e. The van der Waals surface area contributed by atoms with Crippen LogP contribution in [0.3, 0.4) is 0 Å². The molecule has 0 fully saturated rings. The fraction of sp³-hybridized carbons (Fsp3) is 0.333. The molecule has 0 aliphatic carbocycles. The Hall–Kier alpha value is -1.73. The van der Waals surface area contributed by atoms with Crippen molar-refractivity contribution in [3.8, 4) is 11.8 Å². The van der Waals surface area contributed by atoms with Crippen LogP contribution < -0.4 is 0 Å². The Bertz CT molecular complexity index is 585. The summed E-state index contributed by atoms with van der Waals surface area (Å²) in [6.07, 6.45) is 3.68. The zero-order chi connectivity index (χ0) is 13.9. The maximum absolute atomic E-state index is 8.64. The van der Waals surface area contributed by atoms with Crippen molar-refractivity contribution in [3.63, 3.8) is 0 Å². The van der Waals surface area contributed by atoms with E-state index in [-0.39, 0.29) is 5.41 Å². The van der Waals surface area contributed by atoms with Crippen LogP contribution in [-0.2, 0) is 5.41 Å². The molecule has 3 nitrogen and oxygen atoms in total. The Morgan fingerprint density at radius 3 is 2.53 bits per heavy atom. The van der Waals surface area contributed by atoms with Gasteiger partial charge >= 0.3 is 0 Å². The van der Waals surface area contributed by atoms with Crippen LogP contribution in [0.4, 0.5) is 0 Å². The molecular formula is C15H17N3S. The molecule has 0 aliphatic heterocycles. The van der Waals surface area contributed by atoms with Crippen molar-refractivity contribution in [1.82, 2.24) is 9.55 Å². The number of imidazole rings is 1. The number of hydrogen-bond donors (Lipinski definition) is 0. The summed E-state index contributed by atoms with van der Waals surface area (Å²) in [5, 5.41) is 9.50. The average Bonchev–Trinajstić information content (AvgIpc) is 2.83. The maximum Gasteiger partial charge on any atom is 0.173 e. The average molecular weight is 271 g/mol. The summed E-state index contributed by atoms with van der Waals surface area (Å²) >= 11 is 1.45. The van der Waals surface area contributed by atoms with Crippen LogP contribution in [0.25, 0.3) is 5.69 Å². The van der Waals surface area contributed by atoms with Crippen LogP contribution in [0, 0.1) is 11.3 Å². The van der Waals surface area contributed by atoms with Gasteiger partial charge in [0.05, 0.1) is 11.8 Å². The first kappa shape index (κ1) is 13.7. The molecule has 0 unspecified atom stereocenters. The monoisotopic (exact) mass is 271 g/mol. The van der Waals surface area contributed by atoms with Crippen LogP contribution >= 0.6 is 11.8 Å². The van der Waals surface area contributed by atoms with Crippen LogP contribution in [0.2, 0.25) is 0 Å². The van der Waals surface area contributed by atoms with Gasteiger partial charge in [0.25, 0.3) is 0 Å². The number of rotatable bonds is 3. The summed E-state index contributed by atoms with van der Waals surface area (Å²) in [5.41, 5.74) is 2.54. The van der Waals surface area contributed by atoms with Crippen molar-refractivity contribution < 1.29 is 0 Å². The SMILES string of the molecule is CC(C)(C)c1ccc(-n2ccnc2SCC#N)cc1. The summed E-state index contributed by atoms with van der Waals surface area (Å²) in [7, 11) is 0. The lowest BCUT2D eigenvalue weighted by Crippen LogP contribution is -2.10. The first-order valence-corrected chi connectivity index (χ1v) is 7.15. The summed E-state index contributed by atoms with van der Waals surface area (Å²) in [5.74, 6) is 0.414. The van der Waals surface area contributed by atoms with Crippen LogP contribution in [0.15, 0.2) is 41.8 Å². The van der Waals surface area contributed by atoms with Crippen molar-refractivity contribution in [3.05, 3.63) is 42.2 Å². The number of nitrogens with zero attached hydrogens (tertiary/aromatic N) is 3. The van der Waals surface area contributed by atoms with Crippen molar-refractivity contribution in [2.45, 2.75) is 31.3 Å². The molecule has 19 heavy (non-hydrogen) atoms. The molecule has 0 aliphatic rings. The number of thioether (sulfide) groups is 1. The molecule has 4 heteroatoms. The van der Waals surface area contributed by atoms with E-state index in [2.05, 4.69) is 56.1 Å². The Morgan fingerprint density at radius 2 is 1.95 bits per heavy atom. The topological polar surface area (TPSA) is 41.6 Å². The molecule has 0 atom stereocenters. The molecule has 1 aromatic carbocycles. The van der Waals surface area contributed by atoms with Gasteiger partial charge in [-0.05, 0) is 23.1 Å². The smallest absolute Gasteiger partial charge is 0.173 e. The van der Waals surface area contributed by atoms with Gasteiger partial charge < -0.3 is 0 Å². The summed E-state index contributed by atoms with van der Waals surface area (Å²) in [6, 6.07) is 10.6. The first-order valence-electron chi connectivity index (χ1n) is 6.16. The lowest BCUT2D eigenvalue weighted by molar-refractivity contribution is 0.590. The minimum absolute atomic E-state index is 0.159. The van der Waals surface area contributed by atoms with Crippen LogP contribution in [0.1, 0.15) is 26.3 Å². The molecule has 0 radical (unpaired) electrons. The molecule has 0 amide bonds. The van der Waals surface area contributed by atoms with Crippen LogP contribution in [-0.4, -0.2) is 15.3 Å². The second kappa shape index (κ2) is 5.50. The second-order valence-corrected chi connectivity index (χ2v) is 6.27. The van der Waals surface area contributed by atoms with Gasteiger partial charge in [-0.25, -0.2) is 4.98 Å². The molecule has 2 rings (SSSR count). The van der Waals surface area contributed by atoms with Gasteiger partial charge in [-0.3, -0.25) is 4.57 Å². The third-order valence-electron chi connectivity index (χ3n) is 2.88. The number of aromatic nitrogens is 2. The predicted octanol–water partition coefficient (Wildman–Crippen LogP) is 3.79.